The lowest BCUT2D eigenvalue weighted by atomic mass is 9.91. The van der Waals surface area contributed by atoms with Crippen molar-refractivity contribution in [3.63, 3.8) is 0 Å². The second-order valence-electron chi connectivity index (χ2n) is 5.98. The molecule has 0 amide bonds. The van der Waals surface area contributed by atoms with Gasteiger partial charge >= 0.3 is 0 Å². The predicted molar refractivity (Wildman–Crippen MR) is 74.9 cm³/mol. The number of rotatable bonds is 8. The first kappa shape index (κ1) is 13.1. The average Bonchev–Trinajstić information content (AvgIpc) is 3.34. The molecule has 2 aliphatic rings. The highest BCUT2D eigenvalue weighted by molar-refractivity contribution is 5.25. The molecule has 0 aliphatic heterocycles. The van der Waals surface area contributed by atoms with Crippen LogP contribution < -0.4 is 5.32 Å². The van der Waals surface area contributed by atoms with Crippen LogP contribution >= 0.6 is 0 Å². The zero-order valence-electron chi connectivity index (χ0n) is 11.3. The topological polar surface area (TPSA) is 41.5 Å². The monoisotopic (exact) mass is 261 g/mol. The first-order chi connectivity index (χ1) is 9.32. The van der Waals surface area contributed by atoms with Crippen LogP contribution in [0, 0.1) is 5.92 Å². The molecule has 0 heterocycles. The van der Waals surface area contributed by atoms with E-state index in [1.807, 2.05) is 18.2 Å². The Hall–Kier alpha value is -0.900. The van der Waals surface area contributed by atoms with Gasteiger partial charge in [-0.05, 0) is 37.2 Å². The molecular weight excluding hydrogens is 238 g/mol. The van der Waals surface area contributed by atoms with Crippen molar-refractivity contribution in [3.8, 4) is 0 Å². The smallest absolute Gasteiger partial charge is 0.0908 e. The lowest BCUT2D eigenvalue weighted by Crippen LogP contribution is -2.50. The maximum Gasteiger partial charge on any atom is 0.0908 e. The van der Waals surface area contributed by atoms with E-state index in [-0.39, 0.29) is 6.61 Å². The highest BCUT2D eigenvalue weighted by Gasteiger charge is 2.38. The first-order valence-electron chi connectivity index (χ1n) is 7.34. The van der Waals surface area contributed by atoms with E-state index in [0.29, 0.717) is 12.6 Å². The summed E-state index contributed by atoms with van der Waals surface area (Å²) in [7, 11) is 0. The molecule has 19 heavy (non-hydrogen) atoms. The molecule has 2 aliphatic carbocycles. The molecule has 0 bridgehead atoms. The molecule has 0 radical (unpaired) electrons. The van der Waals surface area contributed by atoms with Gasteiger partial charge in [-0.1, -0.05) is 30.3 Å². The quantitative estimate of drug-likeness (QED) is 0.752. The summed E-state index contributed by atoms with van der Waals surface area (Å²) >= 11 is 0. The van der Waals surface area contributed by atoms with E-state index < -0.39 is 5.54 Å². The van der Waals surface area contributed by atoms with Crippen molar-refractivity contribution in [2.45, 2.75) is 37.3 Å². The normalized spacial score (nSPS) is 22.2. The molecule has 3 rings (SSSR count). The van der Waals surface area contributed by atoms with Crippen molar-refractivity contribution < 1.29 is 9.84 Å². The van der Waals surface area contributed by atoms with Crippen molar-refractivity contribution in [1.29, 1.82) is 0 Å². The van der Waals surface area contributed by atoms with E-state index >= 15 is 0 Å². The number of ether oxygens (including phenoxy) is 1. The number of benzene rings is 1. The standard InChI is InChI=1S/C16H23NO2/c18-11-16(17-15-8-9-15,12-19-10-13-6-7-13)14-4-2-1-3-5-14/h1-5,13,15,17-18H,6-12H2. The van der Waals surface area contributed by atoms with Gasteiger partial charge in [0.2, 0.25) is 0 Å². The van der Waals surface area contributed by atoms with Crippen LogP contribution in [-0.2, 0) is 10.3 Å². The Kier molecular flexibility index (Phi) is 3.87. The van der Waals surface area contributed by atoms with Crippen LogP contribution in [0.1, 0.15) is 31.2 Å². The molecule has 2 fully saturated rings. The number of aliphatic hydroxyl groups excluding tert-OH is 1. The van der Waals surface area contributed by atoms with E-state index in [0.717, 1.165) is 18.1 Å². The van der Waals surface area contributed by atoms with Crippen LogP contribution in [0.4, 0.5) is 0 Å². The molecule has 104 valence electrons. The van der Waals surface area contributed by atoms with Crippen LogP contribution in [-0.4, -0.2) is 31.0 Å². The van der Waals surface area contributed by atoms with Gasteiger partial charge in [-0.15, -0.1) is 0 Å². The molecule has 3 nitrogen and oxygen atoms in total. The molecule has 1 aromatic carbocycles. The van der Waals surface area contributed by atoms with E-state index in [9.17, 15) is 5.11 Å². The number of nitrogens with one attached hydrogen (secondary N) is 1. The third-order valence-corrected chi connectivity index (χ3v) is 4.05. The minimum absolute atomic E-state index is 0.0815. The molecule has 0 saturated heterocycles. The van der Waals surface area contributed by atoms with E-state index in [1.165, 1.54) is 25.7 Å². The van der Waals surface area contributed by atoms with Crippen molar-refractivity contribution in [2.24, 2.45) is 5.92 Å². The molecule has 1 aromatic rings. The Morgan fingerprint density at radius 1 is 1.16 bits per heavy atom. The Morgan fingerprint density at radius 2 is 1.89 bits per heavy atom. The largest absolute Gasteiger partial charge is 0.394 e. The fourth-order valence-corrected chi connectivity index (χ4v) is 2.45. The predicted octanol–water partition coefficient (Wildman–Crippen LogP) is 2.05. The van der Waals surface area contributed by atoms with Crippen LogP contribution in [0.5, 0.6) is 0 Å². The van der Waals surface area contributed by atoms with E-state index in [4.69, 9.17) is 4.74 Å². The first-order valence-corrected chi connectivity index (χ1v) is 7.34. The molecule has 1 atom stereocenters. The number of hydrogen-bond acceptors (Lipinski definition) is 3. The summed E-state index contributed by atoms with van der Waals surface area (Å²) < 4.78 is 5.87. The van der Waals surface area contributed by atoms with Gasteiger partial charge in [0, 0.05) is 12.6 Å². The summed E-state index contributed by atoms with van der Waals surface area (Å²) in [5, 5.41) is 13.5. The third kappa shape index (κ3) is 3.35. The van der Waals surface area contributed by atoms with Gasteiger partial charge in [0.1, 0.15) is 0 Å². The molecule has 0 aromatic heterocycles. The Morgan fingerprint density at radius 3 is 2.47 bits per heavy atom. The Balaban J connectivity index is 1.71. The van der Waals surface area contributed by atoms with Crippen molar-refractivity contribution in [1.82, 2.24) is 5.32 Å². The number of aliphatic hydroxyl groups is 1. The van der Waals surface area contributed by atoms with Gasteiger partial charge in [0.15, 0.2) is 0 Å². The average molecular weight is 261 g/mol. The lowest BCUT2D eigenvalue weighted by molar-refractivity contribution is 0.0278. The summed E-state index contributed by atoms with van der Waals surface area (Å²) in [4.78, 5) is 0. The van der Waals surface area contributed by atoms with Gasteiger partial charge in [-0.25, -0.2) is 0 Å². The Bertz CT molecular complexity index is 400. The molecule has 1 unspecified atom stereocenters. The summed E-state index contributed by atoms with van der Waals surface area (Å²) in [6.07, 6.45) is 5.01. The van der Waals surface area contributed by atoms with Crippen LogP contribution in [0.3, 0.4) is 0 Å². The van der Waals surface area contributed by atoms with Gasteiger partial charge < -0.3 is 15.2 Å². The maximum atomic E-state index is 9.94. The summed E-state index contributed by atoms with van der Waals surface area (Å²) in [6, 6.07) is 10.7. The minimum Gasteiger partial charge on any atom is -0.394 e. The summed E-state index contributed by atoms with van der Waals surface area (Å²) in [5.74, 6) is 0.757. The third-order valence-electron chi connectivity index (χ3n) is 4.05. The maximum absolute atomic E-state index is 9.94. The van der Waals surface area contributed by atoms with Crippen molar-refractivity contribution in [3.05, 3.63) is 35.9 Å². The molecular formula is C16H23NO2. The molecule has 3 heteroatoms. The summed E-state index contributed by atoms with van der Waals surface area (Å²) in [5.41, 5.74) is 0.692. The van der Waals surface area contributed by atoms with E-state index in [2.05, 4.69) is 17.4 Å². The van der Waals surface area contributed by atoms with Gasteiger partial charge in [0.25, 0.3) is 0 Å². The fourth-order valence-electron chi connectivity index (χ4n) is 2.45. The number of hydrogen-bond donors (Lipinski definition) is 2. The van der Waals surface area contributed by atoms with Gasteiger partial charge in [0.05, 0.1) is 18.8 Å². The van der Waals surface area contributed by atoms with Crippen LogP contribution in [0.25, 0.3) is 0 Å². The van der Waals surface area contributed by atoms with Gasteiger partial charge in [-0.3, -0.25) is 0 Å². The second kappa shape index (κ2) is 5.61. The molecule has 0 spiro atoms. The fraction of sp³-hybridized carbons (Fsp3) is 0.625. The van der Waals surface area contributed by atoms with Gasteiger partial charge in [-0.2, -0.15) is 0 Å². The highest BCUT2D eigenvalue weighted by atomic mass is 16.5. The minimum atomic E-state index is -0.433. The molecule has 2 N–H and O–H groups in total. The van der Waals surface area contributed by atoms with Crippen LogP contribution in [0.2, 0.25) is 0 Å². The SMILES string of the molecule is OCC(COCC1CC1)(NC1CC1)c1ccccc1. The Labute approximate surface area is 115 Å². The zero-order valence-corrected chi connectivity index (χ0v) is 11.3. The van der Waals surface area contributed by atoms with Crippen molar-refractivity contribution in [2.75, 3.05) is 19.8 Å². The lowest BCUT2D eigenvalue weighted by Gasteiger charge is -2.33. The summed E-state index contributed by atoms with van der Waals surface area (Å²) in [6.45, 7) is 1.47. The van der Waals surface area contributed by atoms with Crippen LogP contribution in [0.15, 0.2) is 30.3 Å². The van der Waals surface area contributed by atoms with Crippen molar-refractivity contribution >= 4 is 0 Å². The van der Waals surface area contributed by atoms with E-state index in [1.54, 1.807) is 0 Å². The molecule has 2 saturated carbocycles. The highest BCUT2D eigenvalue weighted by Crippen LogP contribution is 2.31. The second-order valence-corrected chi connectivity index (χ2v) is 5.98. The zero-order chi connectivity index (χ0) is 13.1.